The van der Waals surface area contributed by atoms with Gasteiger partial charge in [0, 0.05) is 18.2 Å². The monoisotopic (exact) mass is 320 g/mol. The molecule has 2 N–H and O–H groups in total. The largest absolute Gasteiger partial charge is 0.494 e. The van der Waals surface area contributed by atoms with Crippen LogP contribution in [0.5, 0.6) is 5.75 Å². The molecule has 1 aromatic rings. The number of ether oxygens (including phenoxy) is 1. The lowest BCUT2D eigenvalue weighted by Gasteiger charge is -2.10. The van der Waals surface area contributed by atoms with Crippen LogP contribution in [0.15, 0.2) is 18.2 Å². The van der Waals surface area contributed by atoms with Gasteiger partial charge in [-0.3, -0.25) is 10.1 Å². The Balaban J connectivity index is 0.00000200. The molecule has 1 aliphatic rings. The van der Waals surface area contributed by atoms with E-state index in [1.54, 1.807) is 23.9 Å². The van der Waals surface area contributed by atoms with Gasteiger partial charge in [0.15, 0.2) is 11.6 Å². The van der Waals surface area contributed by atoms with Gasteiger partial charge in [-0.2, -0.15) is 0 Å². The van der Waals surface area contributed by atoms with Crippen molar-refractivity contribution in [3.05, 3.63) is 29.6 Å². The maximum Gasteiger partial charge on any atom is 0.238 e. The molecule has 1 aliphatic heterocycles. The highest BCUT2D eigenvalue weighted by Crippen LogP contribution is 2.17. The highest BCUT2D eigenvalue weighted by atomic mass is 35.5. The van der Waals surface area contributed by atoms with Crippen molar-refractivity contribution in [3.63, 3.8) is 0 Å². The van der Waals surface area contributed by atoms with Gasteiger partial charge >= 0.3 is 0 Å². The van der Waals surface area contributed by atoms with Gasteiger partial charge in [0.1, 0.15) is 0 Å². The van der Waals surface area contributed by atoms with Crippen LogP contribution < -0.4 is 15.4 Å². The lowest BCUT2D eigenvalue weighted by atomic mass is 10.1. The first-order valence-corrected chi connectivity index (χ1v) is 7.27. The standard InChI is InChI=1S/C13H17FN2O2S.ClH/c1-18-12-3-2-9(6-10(12)14)4-5-15-13(17)11-7-19-8-16-11;/h2-3,6,11,16H,4-5,7-8H2,1H3,(H,15,17);1H. The maximum absolute atomic E-state index is 13.5. The summed E-state index contributed by atoms with van der Waals surface area (Å²) in [6.07, 6.45) is 0.604. The second kappa shape index (κ2) is 8.34. The average molecular weight is 321 g/mol. The molecule has 2 rings (SSSR count). The number of benzene rings is 1. The third-order valence-electron chi connectivity index (χ3n) is 2.96. The van der Waals surface area contributed by atoms with Gasteiger partial charge in [-0.25, -0.2) is 4.39 Å². The number of rotatable bonds is 5. The Hall–Kier alpha value is -0.980. The highest BCUT2D eigenvalue weighted by molar-refractivity contribution is 7.99. The molecule has 1 amide bonds. The van der Waals surface area contributed by atoms with E-state index < -0.39 is 0 Å². The first kappa shape index (κ1) is 17.1. The minimum Gasteiger partial charge on any atom is -0.494 e. The van der Waals surface area contributed by atoms with Crippen LogP contribution in [0.4, 0.5) is 4.39 Å². The van der Waals surface area contributed by atoms with Crippen LogP contribution in [0, 0.1) is 5.82 Å². The first-order valence-electron chi connectivity index (χ1n) is 6.12. The molecular formula is C13H18ClFN2O2S. The fourth-order valence-electron chi connectivity index (χ4n) is 1.88. The maximum atomic E-state index is 13.5. The fourth-order valence-corrected chi connectivity index (χ4v) is 2.82. The van der Waals surface area contributed by atoms with E-state index in [0.29, 0.717) is 13.0 Å². The van der Waals surface area contributed by atoms with E-state index in [0.717, 1.165) is 17.2 Å². The third kappa shape index (κ3) is 4.54. The van der Waals surface area contributed by atoms with Gasteiger partial charge in [-0.1, -0.05) is 6.07 Å². The summed E-state index contributed by atoms with van der Waals surface area (Å²) in [5.74, 6) is 1.50. The molecule has 1 heterocycles. The number of carbonyl (C=O) groups excluding carboxylic acids is 1. The number of nitrogens with one attached hydrogen (secondary N) is 2. The Kier molecular flexibility index (Phi) is 7.12. The zero-order valence-corrected chi connectivity index (χ0v) is 12.8. The zero-order valence-electron chi connectivity index (χ0n) is 11.1. The molecule has 0 spiro atoms. The number of carbonyl (C=O) groups is 1. The summed E-state index contributed by atoms with van der Waals surface area (Å²) in [7, 11) is 1.44. The Morgan fingerprint density at radius 2 is 2.40 bits per heavy atom. The van der Waals surface area contributed by atoms with Crippen LogP contribution in [-0.4, -0.2) is 37.2 Å². The Bertz CT molecular complexity index is 456. The van der Waals surface area contributed by atoms with E-state index in [4.69, 9.17) is 4.74 Å². The van der Waals surface area contributed by atoms with E-state index in [-0.39, 0.29) is 35.9 Å². The summed E-state index contributed by atoms with van der Waals surface area (Å²) in [5.41, 5.74) is 0.840. The van der Waals surface area contributed by atoms with E-state index >= 15 is 0 Å². The second-order valence-electron chi connectivity index (χ2n) is 4.28. The average Bonchev–Trinajstić information content (AvgIpc) is 2.93. The second-order valence-corrected chi connectivity index (χ2v) is 5.31. The van der Waals surface area contributed by atoms with Crippen molar-refractivity contribution in [2.45, 2.75) is 12.5 Å². The molecule has 1 fully saturated rings. The summed E-state index contributed by atoms with van der Waals surface area (Å²) in [4.78, 5) is 11.7. The van der Waals surface area contributed by atoms with Crippen molar-refractivity contribution in [2.75, 3.05) is 25.3 Å². The van der Waals surface area contributed by atoms with Gasteiger partial charge in [-0.15, -0.1) is 24.2 Å². The lowest BCUT2D eigenvalue weighted by molar-refractivity contribution is -0.122. The quantitative estimate of drug-likeness (QED) is 0.865. The normalized spacial score (nSPS) is 17.4. The molecule has 4 nitrogen and oxygen atoms in total. The van der Waals surface area contributed by atoms with Gasteiger partial charge in [0.2, 0.25) is 5.91 Å². The number of halogens is 2. The molecule has 0 saturated carbocycles. The number of thioether (sulfide) groups is 1. The predicted molar refractivity (Wildman–Crippen MR) is 81.2 cm³/mol. The highest BCUT2D eigenvalue weighted by Gasteiger charge is 2.21. The minimum atomic E-state index is -0.375. The van der Waals surface area contributed by atoms with E-state index in [9.17, 15) is 9.18 Å². The molecule has 1 aromatic carbocycles. The van der Waals surface area contributed by atoms with E-state index in [1.807, 2.05) is 0 Å². The van der Waals surface area contributed by atoms with Gasteiger partial charge in [-0.05, 0) is 24.1 Å². The topological polar surface area (TPSA) is 50.4 Å². The van der Waals surface area contributed by atoms with Crippen molar-refractivity contribution < 1.29 is 13.9 Å². The van der Waals surface area contributed by atoms with Crippen molar-refractivity contribution >= 4 is 30.1 Å². The minimum absolute atomic E-state index is 0. The van der Waals surface area contributed by atoms with Crippen molar-refractivity contribution in [1.82, 2.24) is 10.6 Å². The molecule has 0 aromatic heterocycles. The molecular weight excluding hydrogens is 303 g/mol. The smallest absolute Gasteiger partial charge is 0.238 e. The summed E-state index contributed by atoms with van der Waals surface area (Å²) >= 11 is 1.71. The van der Waals surface area contributed by atoms with E-state index in [2.05, 4.69) is 10.6 Å². The predicted octanol–water partition coefficient (Wildman–Crippen LogP) is 1.58. The summed E-state index contributed by atoms with van der Waals surface area (Å²) in [5, 5.41) is 5.96. The fraction of sp³-hybridized carbons (Fsp3) is 0.462. The molecule has 1 atom stereocenters. The van der Waals surface area contributed by atoms with Crippen molar-refractivity contribution in [1.29, 1.82) is 0 Å². The van der Waals surface area contributed by atoms with Crippen LogP contribution in [0.25, 0.3) is 0 Å². The van der Waals surface area contributed by atoms with Crippen molar-refractivity contribution in [3.8, 4) is 5.75 Å². The van der Waals surface area contributed by atoms with Gasteiger partial charge in [0.05, 0.1) is 13.2 Å². The van der Waals surface area contributed by atoms with Crippen LogP contribution in [-0.2, 0) is 11.2 Å². The molecule has 7 heteroatoms. The molecule has 1 saturated heterocycles. The van der Waals surface area contributed by atoms with Crippen LogP contribution in [0.1, 0.15) is 5.56 Å². The summed E-state index contributed by atoms with van der Waals surface area (Å²) in [6.45, 7) is 0.507. The zero-order chi connectivity index (χ0) is 13.7. The van der Waals surface area contributed by atoms with Crippen LogP contribution >= 0.6 is 24.2 Å². The summed E-state index contributed by atoms with van der Waals surface area (Å²) < 4.78 is 18.3. The molecule has 0 bridgehead atoms. The van der Waals surface area contributed by atoms with Gasteiger partial charge in [0.25, 0.3) is 0 Å². The van der Waals surface area contributed by atoms with E-state index in [1.165, 1.54) is 13.2 Å². The molecule has 1 unspecified atom stereocenters. The number of hydrogen-bond donors (Lipinski definition) is 2. The molecule has 20 heavy (non-hydrogen) atoms. The summed E-state index contributed by atoms with van der Waals surface area (Å²) in [6, 6.07) is 4.74. The molecule has 0 radical (unpaired) electrons. The molecule has 112 valence electrons. The molecule has 0 aliphatic carbocycles. The SMILES string of the molecule is COc1ccc(CCNC(=O)C2CSCN2)cc1F.Cl. The lowest BCUT2D eigenvalue weighted by Crippen LogP contribution is -2.42. The van der Waals surface area contributed by atoms with Gasteiger partial charge < -0.3 is 10.1 Å². The Morgan fingerprint density at radius 1 is 1.60 bits per heavy atom. The third-order valence-corrected chi connectivity index (χ3v) is 3.90. The number of hydrogen-bond acceptors (Lipinski definition) is 4. The number of amides is 1. The van der Waals surface area contributed by atoms with Crippen molar-refractivity contribution in [2.24, 2.45) is 0 Å². The Labute approximate surface area is 128 Å². The first-order chi connectivity index (χ1) is 9.20. The van der Waals surface area contributed by atoms with Crippen LogP contribution in [0.3, 0.4) is 0 Å². The van der Waals surface area contributed by atoms with Crippen LogP contribution in [0.2, 0.25) is 0 Å². The number of methoxy groups -OCH3 is 1. The Morgan fingerprint density at radius 3 is 3.00 bits per heavy atom.